The summed E-state index contributed by atoms with van der Waals surface area (Å²) in [7, 11) is 0. The summed E-state index contributed by atoms with van der Waals surface area (Å²) in [5.74, 6) is -0.153. The van der Waals surface area contributed by atoms with E-state index in [0.717, 1.165) is 22.2 Å². The molecule has 1 amide bonds. The van der Waals surface area contributed by atoms with Gasteiger partial charge in [0.05, 0.1) is 5.56 Å². The van der Waals surface area contributed by atoms with Crippen molar-refractivity contribution in [3.05, 3.63) is 84.7 Å². The van der Waals surface area contributed by atoms with Crippen LogP contribution < -0.4 is 5.32 Å². The molecule has 24 heavy (non-hydrogen) atoms. The van der Waals surface area contributed by atoms with E-state index >= 15 is 0 Å². The molecule has 0 bridgehead atoms. The van der Waals surface area contributed by atoms with Gasteiger partial charge in [0.25, 0.3) is 5.91 Å². The highest BCUT2D eigenvalue weighted by Crippen LogP contribution is 2.25. The lowest BCUT2D eigenvalue weighted by Gasteiger charge is -2.05. The van der Waals surface area contributed by atoms with Gasteiger partial charge < -0.3 is 10.3 Å². The summed E-state index contributed by atoms with van der Waals surface area (Å²) in [6.45, 7) is 0. The molecule has 0 spiro atoms. The third-order valence-corrected chi connectivity index (χ3v) is 3.91. The molecular weight excluding hydrogens is 298 g/mol. The number of nitrogens with one attached hydrogen (secondary N) is 2. The second-order valence-corrected chi connectivity index (χ2v) is 5.51. The molecule has 2 aromatic heterocycles. The number of aromatic amines is 1. The number of benzene rings is 2. The molecule has 0 aliphatic heterocycles. The quantitative estimate of drug-likeness (QED) is 0.586. The zero-order valence-corrected chi connectivity index (χ0v) is 12.9. The Morgan fingerprint density at radius 1 is 0.917 bits per heavy atom. The number of hydrogen-bond acceptors (Lipinski definition) is 2. The molecule has 0 saturated carbocycles. The molecule has 4 nitrogen and oxygen atoms in total. The number of pyridine rings is 1. The number of aromatic nitrogens is 2. The highest BCUT2D eigenvalue weighted by atomic mass is 16.1. The minimum Gasteiger partial charge on any atom is -0.345 e. The number of carbonyl (C=O) groups is 1. The Morgan fingerprint density at radius 3 is 2.38 bits per heavy atom. The minimum absolute atomic E-state index is 0.153. The first kappa shape index (κ1) is 14.2. The number of hydrogen-bond donors (Lipinski definition) is 2. The molecule has 4 heteroatoms. The molecule has 0 radical (unpaired) electrons. The first-order valence-corrected chi connectivity index (χ1v) is 7.70. The van der Waals surface area contributed by atoms with E-state index in [0.29, 0.717) is 11.2 Å². The minimum atomic E-state index is -0.153. The lowest BCUT2D eigenvalue weighted by atomic mass is 10.1. The molecule has 2 aromatic carbocycles. The predicted molar refractivity (Wildman–Crippen MR) is 95.9 cm³/mol. The van der Waals surface area contributed by atoms with Crippen LogP contribution in [0.5, 0.6) is 0 Å². The number of nitrogens with zero attached hydrogens (tertiary/aromatic N) is 1. The van der Waals surface area contributed by atoms with Gasteiger partial charge in [0.1, 0.15) is 5.65 Å². The van der Waals surface area contributed by atoms with Crippen molar-refractivity contribution in [1.82, 2.24) is 9.97 Å². The standard InChI is InChI=1S/C20H15N3O/c24-20(23-16-9-5-2-6-10-16)18-13-22-19-17(18)11-15(12-21-19)14-7-3-1-4-8-14/h1-13H,(H,21,22)(H,23,24). The van der Waals surface area contributed by atoms with Crippen LogP contribution in [0.4, 0.5) is 5.69 Å². The number of rotatable bonds is 3. The molecule has 0 fully saturated rings. The van der Waals surface area contributed by atoms with E-state index in [2.05, 4.69) is 15.3 Å². The number of para-hydroxylation sites is 1. The summed E-state index contributed by atoms with van der Waals surface area (Å²) >= 11 is 0. The molecule has 0 aliphatic rings. The second kappa shape index (κ2) is 6.01. The van der Waals surface area contributed by atoms with E-state index in [4.69, 9.17) is 0 Å². The second-order valence-electron chi connectivity index (χ2n) is 5.51. The molecule has 0 atom stereocenters. The number of anilines is 1. The highest BCUT2D eigenvalue weighted by Gasteiger charge is 2.14. The van der Waals surface area contributed by atoms with Crippen LogP contribution in [-0.2, 0) is 0 Å². The Kier molecular flexibility index (Phi) is 3.56. The summed E-state index contributed by atoms with van der Waals surface area (Å²) in [6.07, 6.45) is 3.51. The predicted octanol–water partition coefficient (Wildman–Crippen LogP) is 4.48. The number of amides is 1. The van der Waals surface area contributed by atoms with Crippen molar-refractivity contribution in [2.24, 2.45) is 0 Å². The van der Waals surface area contributed by atoms with Gasteiger partial charge in [-0.25, -0.2) is 4.98 Å². The zero-order valence-electron chi connectivity index (χ0n) is 12.9. The van der Waals surface area contributed by atoms with Gasteiger partial charge in [-0.15, -0.1) is 0 Å². The van der Waals surface area contributed by atoms with Gasteiger partial charge in [0.15, 0.2) is 0 Å². The van der Waals surface area contributed by atoms with E-state index in [1.807, 2.05) is 72.9 Å². The van der Waals surface area contributed by atoms with Gasteiger partial charge in [-0.05, 0) is 23.8 Å². The molecule has 0 aliphatic carbocycles. The molecule has 4 aromatic rings. The van der Waals surface area contributed by atoms with Crippen molar-refractivity contribution >= 4 is 22.6 Å². The Bertz CT molecular complexity index is 991. The summed E-state index contributed by atoms with van der Waals surface area (Å²) in [6, 6.07) is 21.4. The SMILES string of the molecule is O=C(Nc1ccccc1)c1c[nH]c2ncc(-c3ccccc3)cc12. The van der Waals surface area contributed by atoms with Gasteiger partial charge in [-0.1, -0.05) is 48.5 Å². The summed E-state index contributed by atoms with van der Waals surface area (Å²) in [5.41, 5.74) is 4.11. The lowest BCUT2D eigenvalue weighted by Crippen LogP contribution is -2.11. The van der Waals surface area contributed by atoms with E-state index in [9.17, 15) is 4.79 Å². The van der Waals surface area contributed by atoms with Gasteiger partial charge in [-0.3, -0.25) is 4.79 Å². The highest BCUT2D eigenvalue weighted by molar-refractivity contribution is 6.12. The van der Waals surface area contributed by atoms with Crippen molar-refractivity contribution in [3.63, 3.8) is 0 Å². The van der Waals surface area contributed by atoms with Crippen molar-refractivity contribution < 1.29 is 4.79 Å². The average molecular weight is 313 g/mol. The Hall–Kier alpha value is -3.40. The summed E-state index contributed by atoms with van der Waals surface area (Å²) in [4.78, 5) is 20.1. The van der Waals surface area contributed by atoms with Gasteiger partial charge in [-0.2, -0.15) is 0 Å². The lowest BCUT2D eigenvalue weighted by molar-refractivity contribution is 0.102. The van der Waals surface area contributed by atoms with Crippen molar-refractivity contribution in [1.29, 1.82) is 0 Å². The van der Waals surface area contributed by atoms with E-state index in [-0.39, 0.29) is 5.91 Å². The first-order chi connectivity index (χ1) is 11.8. The number of fused-ring (bicyclic) bond motifs is 1. The monoisotopic (exact) mass is 313 g/mol. The summed E-state index contributed by atoms with van der Waals surface area (Å²) in [5, 5.41) is 3.72. The molecule has 0 saturated heterocycles. The van der Waals surface area contributed by atoms with Crippen LogP contribution in [0, 0.1) is 0 Å². The van der Waals surface area contributed by atoms with Crippen LogP contribution in [0.15, 0.2) is 79.1 Å². The van der Waals surface area contributed by atoms with Crippen LogP contribution in [0.1, 0.15) is 10.4 Å². The van der Waals surface area contributed by atoms with Crippen LogP contribution in [0.25, 0.3) is 22.2 Å². The molecular formula is C20H15N3O. The van der Waals surface area contributed by atoms with Crippen LogP contribution in [0.2, 0.25) is 0 Å². The van der Waals surface area contributed by atoms with Gasteiger partial charge in [0.2, 0.25) is 0 Å². The fourth-order valence-electron chi connectivity index (χ4n) is 2.70. The Morgan fingerprint density at radius 2 is 1.62 bits per heavy atom. The van der Waals surface area contributed by atoms with Crippen LogP contribution in [0.3, 0.4) is 0 Å². The summed E-state index contributed by atoms with van der Waals surface area (Å²) < 4.78 is 0. The smallest absolute Gasteiger partial charge is 0.257 e. The maximum absolute atomic E-state index is 12.6. The molecule has 2 heterocycles. The van der Waals surface area contributed by atoms with Crippen LogP contribution >= 0.6 is 0 Å². The number of H-pyrrole nitrogens is 1. The van der Waals surface area contributed by atoms with E-state index in [1.54, 1.807) is 6.20 Å². The molecule has 116 valence electrons. The van der Waals surface area contributed by atoms with E-state index in [1.165, 1.54) is 0 Å². The Labute approximate surface area is 139 Å². The van der Waals surface area contributed by atoms with Crippen molar-refractivity contribution in [2.75, 3.05) is 5.32 Å². The molecule has 2 N–H and O–H groups in total. The van der Waals surface area contributed by atoms with Crippen LogP contribution in [-0.4, -0.2) is 15.9 Å². The first-order valence-electron chi connectivity index (χ1n) is 7.70. The Balaban J connectivity index is 1.72. The molecule has 4 rings (SSSR count). The average Bonchev–Trinajstić information content (AvgIpc) is 3.06. The fraction of sp³-hybridized carbons (Fsp3) is 0. The third-order valence-electron chi connectivity index (χ3n) is 3.91. The van der Waals surface area contributed by atoms with Gasteiger partial charge >= 0.3 is 0 Å². The fourth-order valence-corrected chi connectivity index (χ4v) is 2.70. The maximum Gasteiger partial charge on any atom is 0.257 e. The van der Waals surface area contributed by atoms with Crippen molar-refractivity contribution in [2.45, 2.75) is 0 Å². The topological polar surface area (TPSA) is 57.8 Å². The maximum atomic E-state index is 12.6. The largest absolute Gasteiger partial charge is 0.345 e. The number of carbonyl (C=O) groups excluding carboxylic acids is 1. The third kappa shape index (κ3) is 2.65. The normalized spacial score (nSPS) is 10.7. The van der Waals surface area contributed by atoms with Gasteiger partial charge in [0, 0.05) is 29.0 Å². The zero-order chi connectivity index (χ0) is 16.4. The van der Waals surface area contributed by atoms with Crippen molar-refractivity contribution in [3.8, 4) is 11.1 Å². The molecule has 0 unspecified atom stereocenters. The van der Waals surface area contributed by atoms with E-state index < -0.39 is 0 Å².